The average molecular weight is 572 g/mol. The molecule has 3 atom stereocenters. The lowest BCUT2D eigenvalue weighted by atomic mass is 9.87. The van der Waals surface area contributed by atoms with Crippen molar-refractivity contribution in [3.8, 4) is 5.88 Å². The van der Waals surface area contributed by atoms with Crippen molar-refractivity contribution in [2.45, 2.75) is 56.7 Å². The van der Waals surface area contributed by atoms with Gasteiger partial charge in [0, 0.05) is 31.8 Å². The highest BCUT2D eigenvalue weighted by atomic mass is 19.4. The number of piperidine rings is 1. The van der Waals surface area contributed by atoms with Gasteiger partial charge >= 0.3 is 18.0 Å². The van der Waals surface area contributed by atoms with Gasteiger partial charge in [-0.1, -0.05) is 30.3 Å². The fourth-order valence-electron chi connectivity index (χ4n) is 4.88. The monoisotopic (exact) mass is 571 g/mol. The normalized spacial score (nSPS) is 19.0. The first-order valence-electron chi connectivity index (χ1n) is 12.5. The zero-order chi connectivity index (χ0) is 29.2. The maximum atomic E-state index is 13.4. The molecule has 1 fully saturated rings. The van der Waals surface area contributed by atoms with Crippen molar-refractivity contribution in [1.29, 1.82) is 0 Å². The number of aromatic hydroxyl groups is 1. The van der Waals surface area contributed by atoms with E-state index in [2.05, 4.69) is 9.97 Å². The number of carbonyl (C=O) groups is 1. The molecular weight excluding hydrogens is 544 g/mol. The number of halogens is 6. The summed E-state index contributed by atoms with van der Waals surface area (Å²) in [7, 11) is 0. The van der Waals surface area contributed by atoms with Crippen molar-refractivity contribution in [2.24, 2.45) is 0 Å². The molecule has 0 spiro atoms. The lowest BCUT2D eigenvalue weighted by Gasteiger charge is -2.40. The second kappa shape index (κ2) is 11.4. The van der Waals surface area contributed by atoms with Crippen LogP contribution < -0.4 is 5.69 Å². The minimum atomic E-state index is -4.97. The lowest BCUT2D eigenvalue weighted by Crippen LogP contribution is -2.46. The minimum Gasteiger partial charge on any atom is -0.493 e. The summed E-state index contributed by atoms with van der Waals surface area (Å²) < 4.78 is 86.4. The Bertz CT molecular complexity index is 1350. The number of imidazole rings is 1. The van der Waals surface area contributed by atoms with E-state index in [9.17, 15) is 41.0 Å². The van der Waals surface area contributed by atoms with Gasteiger partial charge in [-0.25, -0.2) is 4.79 Å². The number of hydrogen-bond donors (Lipinski definition) is 3. The van der Waals surface area contributed by atoms with Gasteiger partial charge in [-0.05, 0) is 42.7 Å². The van der Waals surface area contributed by atoms with Crippen LogP contribution >= 0.6 is 0 Å². The molecule has 13 heteroatoms. The maximum Gasteiger partial charge on any atom is 0.416 e. The fraction of sp³-hybridized carbons (Fsp3) is 0.407. The predicted molar refractivity (Wildman–Crippen MR) is 132 cm³/mol. The number of alkyl halides is 6. The molecule has 3 N–H and O–H groups in total. The molecule has 0 aliphatic carbocycles. The first-order valence-corrected chi connectivity index (χ1v) is 12.5. The molecule has 2 aromatic carbocycles. The Hall–Kier alpha value is -3.74. The molecule has 0 radical (unpaired) electrons. The Morgan fingerprint density at radius 1 is 1.05 bits per heavy atom. The molecule has 216 valence electrons. The highest BCUT2D eigenvalue weighted by Gasteiger charge is 2.39. The minimum absolute atomic E-state index is 0.00472. The van der Waals surface area contributed by atoms with Crippen molar-refractivity contribution >= 4 is 5.91 Å². The second-order valence-electron chi connectivity index (χ2n) is 9.71. The second-order valence-corrected chi connectivity index (χ2v) is 9.71. The van der Waals surface area contributed by atoms with Crippen LogP contribution in [0.25, 0.3) is 0 Å². The van der Waals surface area contributed by atoms with Gasteiger partial charge < -0.3 is 19.7 Å². The van der Waals surface area contributed by atoms with Crippen molar-refractivity contribution in [3.63, 3.8) is 0 Å². The van der Waals surface area contributed by atoms with Crippen LogP contribution in [-0.4, -0.2) is 45.1 Å². The molecular formula is C27H27F6N3O4. The Balaban J connectivity index is 1.53. The summed E-state index contributed by atoms with van der Waals surface area (Å²) in [4.78, 5) is 30.5. The van der Waals surface area contributed by atoms with Crippen molar-refractivity contribution < 1.29 is 41.0 Å². The predicted octanol–water partition coefficient (Wildman–Crippen LogP) is 5.54. The van der Waals surface area contributed by atoms with Crippen molar-refractivity contribution in [2.75, 3.05) is 13.1 Å². The third-order valence-electron chi connectivity index (χ3n) is 6.96. The van der Waals surface area contributed by atoms with E-state index in [4.69, 9.17) is 4.74 Å². The number of aromatic nitrogens is 2. The summed E-state index contributed by atoms with van der Waals surface area (Å²) >= 11 is 0. The SMILES string of the molecule is C[C@@H](O[C@H]1CCN(C(=O)CCc2[nH]c(=O)[nH]c2O)C[C@H]1c1ccccc1)c1cc(C(F)(F)F)cc(C(F)(F)F)c1. The zero-order valence-corrected chi connectivity index (χ0v) is 21.3. The molecule has 1 aromatic heterocycles. The molecule has 0 bridgehead atoms. The smallest absolute Gasteiger partial charge is 0.416 e. The van der Waals surface area contributed by atoms with E-state index >= 15 is 0 Å². The first-order chi connectivity index (χ1) is 18.7. The molecule has 0 saturated carbocycles. The maximum absolute atomic E-state index is 13.4. The van der Waals surface area contributed by atoms with E-state index in [-0.39, 0.29) is 61.5 Å². The van der Waals surface area contributed by atoms with Gasteiger partial charge in [0.15, 0.2) is 0 Å². The number of ether oxygens (including phenoxy) is 1. The van der Waals surface area contributed by atoms with Gasteiger partial charge in [0.25, 0.3) is 0 Å². The van der Waals surface area contributed by atoms with Crippen molar-refractivity contribution in [1.82, 2.24) is 14.9 Å². The third-order valence-corrected chi connectivity index (χ3v) is 6.96. The van der Waals surface area contributed by atoms with Crippen LogP contribution in [0.5, 0.6) is 5.88 Å². The van der Waals surface area contributed by atoms with Gasteiger partial charge in [-0.15, -0.1) is 0 Å². The summed E-state index contributed by atoms with van der Waals surface area (Å²) in [5.74, 6) is -0.999. The van der Waals surface area contributed by atoms with Crippen LogP contribution in [0.4, 0.5) is 26.3 Å². The third kappa shape index (κ3) is 6.87. The molecule has 40 heavy (non-hydrogen) atoms. The molecule has 1 amide bonds. The number of benzene rings is 2. The zero-order valence-electron chi connectivity index (χ0n) is 21.3. The quantitative estimate of drug-likeness (QED) is 0.325. The van der Waals surface area contributed by atoms with Crippen LogP contribution in [-0.2, 0) is 28.3 Å². The van der Waals surface area contributed by atoms with E-state index in [1.54, 1.807) is 23.1 Å². The van der Waals surface area contributed by atoms with Gasteiger partial charge in [-0.2, -0.15) is 26.3 Å². The Morgan fingerprint density at radius 3 is 2.23 bits per heavy atom. The molecule has 3 aromatic rings. The number of aromatic amines is 2. The molecule has 1 saturated heterocycles. The largest absolute Gasteiger partial charge is 0.493 e. The van der Waals surface area contributed by atoms with E-state index in [0.29, 0.717) is 12.1 Å². The highest BCUT2D eigenvalue weighted by Crippen LogP contribution is 2.39. The Kier molecular flexibility index (Phi) is 8.33. The standard InChI is InChI=1S/C27H27F6N3O4/c1-15(17-11-18(26(28,29)30)13-19(12-17)27(31,32)33)40-22-9-10-36(14-20(22)16-5-3-2-4-6-16)23(37)8-7-21-24(38)35-25(39)34-21/h2-6,11-13,15,20,22,38H,7-10,14H2,1H3,(H2,34,35,39)/t15-,20+,22+/m1/s1. The number of nitrogens with zero attached hydrogens (tertiary/aromatic N) is 1. The highest BCUT2D eigenvalue weighted by molar-refractivity contribution is 5.76. The van der Waals surface area contributed by atoms with Crippen LogP contribution in [0, 0.1) is 0 Å². The van der Waals surface area contributed by atoms with E-state index in [1.807, 2.05) is 12.1 Å². The van der Waals surface area contributed by atoms with Gasteiger partial charge in [0.2, 0.25) is 11.8 Å². The molecule has 2 heterocycles. The van der Waals surface area contributed by atoms with E-state index in [0.717, 1.165) is 5.56 Å². The Labute approximate surface area is 224 Å². The van der Waals surface area contributed by atoms with Crippen LogP contribution in [0.3, 0.4) is 0 Å². The summed E-state index contributed by atoms with van der Waals surface area (Å²) in [6.07, 6.45) is -11.3. The molecule has 7 nitrogen and oxygen atoms in total. The number of nitrogens with one attached hydrogen (secondary N) is 2. The number of hydrogen-bond acceptors (Lipinski definition) is 4. The topological polar surface area (TPSA) is 98.4 Å². The fourth-order valence-corrected chi connectivity index (χ4v) is 4.88. The average Bonchev–Trinajstić information content (AvgIpc) is 3.23. The number of H-pyrrole nitrogens is 2. The molecule has 0 unspecified atom stereocenters. The van der Waals surface area contributed by atoms with Crippen LogP contribution in [0.15, 0.2) is 53.3 Å². The van der Waals surface area contributed by atoms with Gasteiger partial charge in [0.1, 0.15) is 0 Å². The summed E-state index contributed by atoms with van der Waals surface area (Å²) in [5, 5.41) is 9.73. The molecule has 4 rings (SSSR count). The van der Waals surface area contributed by atoms with E-state index < -0.39 is 47.3 Å². The summed E-state index contributed by atoms with van der Waals surface area (Å²) in [6.45, 7) is 1.84. The van der Waals surface area contributed by atoms with Gasteiger partial charge in [0.05, 0.1) is 29.0 Å². The van der Waals surface area contributed by atoms with Gasteiger partial charge in [-0.3, -0.25) is 9.78 Å². The molecule has 1 aliphatic rings. The number of aryl methyl sites for hydroxylation is 1. The van der Waals surface area contributed by atoms with Crippen LogP contribution in [0.2, 0.25) is 0 Å². The number of likely N-dealkylation sites (tertiary alicyclic amines) is 1. The first kappa shape index (κ1) is 29.2. The molecule has 1 aliphatic heterocycles. The van der Waals surface area contributed by atoms with Crippen LogP contribution in [0.1, 0.15) is 59.7 Å². The van der Waals surface area contributed by atoms with E-state index in [1.165, 1.54) is 6.92 Å². The number of rotatable bonds is 7. The number of carbonyl (C=O) groups excluding carboxylic acids is 1. The summed E-state index contributed by atoms with van der Waals surface area (Å²) in [5.41, 5.74) is -2.69. The summed E-state index contributed by atoms with van der Waals surface area (Å²) in [6, 6.07) is 10.4. The Morgan fingerprint density at radius 2 is 1.68 bits per heavy atom. The van der Waals surface area contributed by atoms with Crippen molar-refractivity contribution in [3.05, 3.63) is 87.0 Å². The number of amides is 1. The lowest BCUT2D eigenvalue weighted by molar-refractivity contribution is -0.143.